The van der Waals surface area contributed by atoms with E-state index in [1.165, 1.54) is 31.2 Å². The van der Waals surface area contributed by atoms with E-state index < -0.39 is 0 Å². The molecule has 0 aromatic carbocycles. The minimum atomic E-state index is 0.466. The lowest BCUT2D eigenvalue weighted by molar-refractivity contribution is 0.101. The molecular formula is C16H26N2. The maximum Gasteiger partial charge on any atom is 0.0300 e. The molecule has 1 heterocycles. The lowest BCUT2D eigenvalue weighted by Crippen LogP contribution is -2.44. The second-order valence-corrected chi connectivity index (χ2v) is 6.30. The average molecular weight is 246 g/mol. The van der Waals surface area contributed by atoms with Crippen molar-refractivity contribution >= 4 is 0 Å². The van der Waals surface area contributed by atoms with Gasteiger partial charge in [-0.2, -0.15) is 0 Å². The Hall–Kier alpha value is -0.890. The molecule has 0 aliphatic heterocycles. The molecule has 18 heavy (non-hydrogen) atoms. The lowest BCUT2D eigenvalue weighted by Gasteiger charge is -2.43. The smallest absolute Gasteiger partial charge is 0.0300 e. The fraction of sp³-hybridized carbons (Fsp3) is 0.688. The SMILES string of the molecule is CNC(Cc1cccnc1)C1CCCCC1(C)C. The Bertz CT molecular complexity index is 359. The monoisotopic (exact) mass is 246 g/mol. The van der Waals surface area contributed by atoms with Gasteiger partial charge in [0.15, 0.2) is 0 Å². The molecule has 0 bridgehead atoms. The van der Waals surface area contributed by atoms with E-state index in [1.807, 2.05) is 18.5 Å². The molecule has 1 aliphatic rings. The zero-order chi connectivity index (χ0) is 13.0. The Morgan fingerprint density at radius 3 is 2.89 bits per heavy atom. The van der Waals surface area contributed by atoms with Gasteiger partial charge in [0.1, 0.15) is 0 Å². The molecule has 2 rings (SSSR count). The number of nitrogens with zero attached hydrogens (tertiary/aromatic N) is 1. The fourth-order valence-electron chi connectivity index (χ4n) is 3.49. The lowest BCUT2D eigenvalue weighted by atomic mass is 9.65. The van der Waals surface area contributed by atoms with E-state index in [1.54, 1.807) is 0 Å². The van der Waals surface area contributed by atoms with E-state index in [0.717, 1.165) is 12.3 Å². The number of aromatic nitrogens is 1. The maximum absolute atomic E-state index is 4.23. The second kappa shape index (κ2) is 5.83. The third-order valence-corrected chi connectivity index (χ3v) is 4.62. The molecule has 1 aliphatic carbocycles. The summed E-state index contributed by atoms with van der Waals surface area (Å²) in [6, 6.07) is 4.80. The number of hydrogen-bond acceptors (Lipinski definition) is 2. The van der Waals surface area contributed by atoms with E-state index >= 15 is 0 Å². The van der Waals surface area contributed by atoms with Crippen molar-refractivity contribution in [3.63, 3.8) is 0 Å². The van der Waals surface area contributed by atoms with Crippen LogP contribution in [-0.4, -0.2) is 18.1 Å². The first-order valence-corrected chi connectivity index (χ1v) is 7.19. The second-order valence-electron chi connectivity index (χ2n) is 6.30. The summed E-state index contributed by atoms with van der Waals surface area (Å²) in [6.45, 7) is 4.87. The Morgan fingerprint density at radius 2 is 2.28 bits per heavy atom. The molecule has 2 atom stereocenters. The highest BCUT2D eigenvalue weighted by molar-refractivity contribution is 5.11. The predicted molar refractivity (Wildman–Crippen MR) is 76.5 cm³/mol. The van der Waals surface area contributed by atoms with Crippen LogP contribution >= 0.6 is 0 Å². The summed E-state index contributed by atoms with van der Waals surface area (Å²) in [5, 5.41) is 3.55. The van der Waals surface area contributed by atoms with Crippen LogP contribution in [0, 0.1) is 11.3 Å². The maximum atomic E-state index is 4.23. The highest BCUT2D eigenvalue weighted by atomic mass is 14.9. The minimum Gasteiger partial charge on any atom is -0.316 e. The molecule has 2 unspecified atom stereocenters. The number of pyridine rings is 1. The normalized spacial score (nSPS) is 24.7. The largest absolute Gasteiger partial charge is 0.316 e. The van der Waals surface area contributed by atoms with Crippen molar-refractivity contribution in [1.29, 1.82) is 0 Å². The number of likely N-dealkylation sites (N-methyl/N-ethyl adjacent to an activating group) is 1. The van der Waals surface area contributed by atoms with Crippen molar-refractivity contribution in [2.45, 2.75) is 52.0 Å². The molecule has 2 heteroatoms. The number of nitrogens with one attached hydrogen (secondary N) is 1. The van der Waals surface area contributed by atoms with E-state index in [9.17, 15) is 0 Å². The van der Waals surface area contributed by atoms with Gasteiger partial charge in [-0.1, -0.05) is 32.8 Å². The fourth-order valence-corrected chi connectivity index (χ4v) is 3.49. The molecule has 1 fully saturated rings. The highest BCUT2D eigenvalue weighted by Gasteiger charge is 2.36. The van der Waals surface area contributed by atoms with E-state index in [2.05, 4.69) is 37.3 Å². The topological polar surface area (TPSA) is 24.9 Å². The molecule has 1 aromatic heterocycles. The van der Waals surface area contributed by atoms with Gasteiger partial charge in [0.25, 0.3) is 0 Å². The van der Waals surface area contributed by atoms with Gasteiger partial charge in [-0.05, 0) is 49.3 Å². The van der Waals surface area contributed by atoms with Gasteiger partial charge in [0.05, 0.1) is 0 Å². The van der Waals surface area contributed by atoms with Crippen molar-refractivity contribution in [3.8, 4) is 0 Å². The summed E-state index contributed by atoms with van der Waals surface area (Å²) >= 11 is 0. The first-order valence-electron chi connectivity index (χ1n) is 7.19. The molecule has 1 N–H and O–H groups in total. The zero-order valence-corrected chi connectivity index (χ0v) is 11.9. The first-order chi connectivity index (χ1) is 8.63. The Balaban J connectivity index is 2.08. The molecule has 0 saturated heterocycles. The molecule has 0 amide bonds. The van der Waals surface area contributed by atoms with Crippen LogP contribution < -0.4 is 5.32 Å². The minimum absolute atomic E-state index is 0.466. The van der Waals surface area contributed by atoms with Crippen LogP contribution in [0.25, 0.3) is 0 Å². The summed E-state index contributed by atoms with van der Waals surface area (Å²) in [7, 11) is 2.10. The van der Waals surface area contributed by atoms with Crippen LogP contribution in [0.2, 0.25) is 0 Å². The standard InChI is InChI=1S/C16H26N2/c1-16(2)9-5-4-8-14(16)15(17-3)11-13-7-6-10-18-12-13/h6-7,10,12,14-15,17H,4-5,8-9,11H2,1-3H3. The van der Waals surface area contributed by atoms with Crippen LogP contribution in [0.5, 0.6) is 0 Å². The average Bonchev–Trinajstić information content (AvgIpc) is 2.37. The molecular weight excluding hydrogens is 220 g/mol. The predicted octanol–water partition coefficient (Wildman–Crippen LogP) is 3.43. The van der Waals surface area contributed by atoms with E-state index in [0.29, 0.717) is 11.5 Å². The van der Waals surface area contributed by atoms with Crippen molar-refractivity contribution < 1.29 is 0 Å². The van der Waals surface area contributed by atoms with Crippen molar-refractivity contribution in [3.05, 3.63) is 30.1 Å². The van der Waals surface area contributed by atoms with Gasteiger partial charge in [-0.25, -0.2) is 0 Å². The van der Waals surface area contributed by atoms with Crippen LogP contribution in [0.15, 0.2) is 24.5 Å². The number of hydrogen-bond donors (Lipinski definition) is 1. The number of rotatable bonds is 4. The van der Waals surface area contributed by atoms with Crippen LogP contribution in [0.3, 0.4) is 0 Å². The molecule has 1 saturated carbocycles. The summed E-state index contributed by atoms with van der Waals surface area (Å²) < 4.78 is 0. The quantitative estimate of drug-likeness (QED) is 0.880. The van der Waals surface area contributed by atoms with Gasteiger partial charge in [0, 0.05) is 18.4 Å². The molecule has 0 radical (unpaired) electrons. The van der Waals surface area contributed by atoms with Crippen LogP contribution in [0.1, 0.15) is 45.1 Å². The van der Waals surface area contributed by atoms with Gasteiger partial charge < -0.3 is 5.32 Å². The molecule has 2 nitrogen and oxygen atoms in total. The Morgan fingerprint density at radius 1 is 1.44 bits per heavy atom. The zero-order valence-electron chi connectivity index (χ0n) is 11.9. The third-order valence-electron chi connectivity index (χ3n) is 4.62. The molecule has 1 aromatic rings. The summed E-state index contributed by atoms with van der Waals surface area (Å²) in [6.07, 6.45) is 10.5. The van der Waals surface area contributed by atoms with Crippen molar-refractivity contribution in [1.82, 2.24) is 10.3 Å². The Labute approximate surface area is 111 Å². The van der Waals surface area contributed by atoms with Crippen molar-refractivity contribution in [2.24, 2.45) is 11.3 Å². The van der Waals surface area contributed by atoms with E-state index in [4.69, 9.17) is 0 Å². The first kappa shape index (κ1) is 13.5. The Kier molecular flexibility index (Phi) is 4.39. The van der Waals surface area contributed by atoms with Crippen molar-refractivity contribution in [2.75, 3.05) is 7.05 Å². The van der Waals surface area contributed by atoms with Gasteiger partial charge >= 0.3 is 0 Å². The van der Waals surface area contributed by atoms with Gasteiger partial charge in [0.2, 0.25) is 0 Å². The highest BCUT2D eigenvalue weighted by Crippen LogP contribution is 2.42. The molecule has 100 valence electrons. The van der Waals surface area contributed by atoms with Crippen LogP contribution in [0.4, 0.5) is 0 Å². The summed E-state index contributed by atoms with van der Waals surface area (Å²) in [5.74, 6) is 0.774. The third kappa shape index (κ3) is 3.11. The summed E-state index contributed by atoms with van der Waals surface area (Å²) in [4.78, 5) is 4.23. The van der Waals surface area contributed by atoms with Gasteiger partial charge in [-0.15, -0.1) is 0 Å². The van der Waals surface area contributed by atoms with Crippen LogP contribution in [-0.2, 0) is 6.42 Å². The van der Waals surface area contributed by atoms with Gasteiger partial charge in [-0.3, -0.25) is 4.98 Å². The van der Waals surface area contributed by atoms with E-state index in [-0.39, 0.29) is 0 Å². The summed E-state index contributed by atoms with van der Waals surface area (Å²) in [5.41, 5.74) is 1.81. The molecule has 0 spiro atoms.